The Morgan fingerprint density at radius 3 is 2.76 bits per heavy atom. The van der Waals surface area contributed by atoms with Gasteiger partial charge in [-0.2, -0.15) is 0 Å². The minimum absolute atomic E-state index is 0.242. The Morgan fingerprint density at radius 2 is 2.06 bits per heavy atom. The van der Waals surface area contributed by atoms with Gasteiger partial charge in [0.1, 0.15) is 5.92 Å². The fourth-order valence-electron chi connectivity index (χ4n) is 2.33. The van der Waals surface area contributed by atoms with Crippen molar-refractivity contribution in [1.29, 1.82) is 0 Å². The van der Waals surface area contributed by atoms with Gasteiger partial charge in [0.2, 0.25) is 0 Å². The van der Waals surface area contributed by atoms with Crippen LogP contribution < -0.4 is 0 Å². The molecule has 1 N–H and O–H groups in total. The highest BCUT2D eigenvalue weighted by atomic mass is 16.7. The van der Waals surface area contributed by atoms with Crippen molar-refractivity contribution < 1.29 is 24.2 Å². The first-order valence-electron chi connectivity index (χ1n) is 5.35. The fraction of sp³-hybridized carbons (Fsp3) is 0.333. The van der Waals surface area contributed by atoms with Crippen LogP contribution in [0.15, 0.2) is 24.3 Å². The zero-order valence-electron chi connectivity index (χ0n) is 8.88. The van der Waals surface area contributed by atoms with E-state index in [0.717, 1.165) is 0 Å². The van der Waals surface area contributed by atoms with Crippen LogP contribution in [0.3, 0.4) is 0 Å². The molecule has 88 valence electrons. The van der Waals surface area contributed by atoms with Gasteiger partial charge in [-0.15, -0.1) is 0 Å². The van der Waals surface area contributed by atoms with Gasteiger partial charge < -0.3 is 14.6 Å². The Hall–Kier alpha value is -1.88. The zero-order chi connectivity index (χ0) is 12.0. The van der Waals surface area contributed by atoms with Crippen LogP contribution in [0.5, 0.6) is 0 Å². The molecule has 0 bridgehead atoms. The number of ether oxygens (including phenoxy) is 2. The lowest BCUT2D eigenvalue weighted by Gasteiger charge is -2.25. The third-order valence-electron chi connectivity index (χ3n) is 3.19. The number of fused-ring (bicyclic) bond motifs is 1. The molecule has 3 rings (SSSR count). The number of carbonyl (C=O) groups excluding carboxylic acids is 2. The quantitative estimate of drug-likeness (QED) is 0.719. The lowest BCUT2D eigenvalue weighted by Crippen LogP contribution is -2.38. The van der Waals surface area contributed by atoms with E-state index >= 15 is 0 Å². The highest BCUT2D eigenvalue weighted by Gasteiger charge is 2.55. The Labute approximate surface area is 97.0 Å². The molecule has 1 fully saturated rings. The molecule has 0 aliphatic carbocycles. The molecule has 2 aliphatic heterocycles. The molecule has 0 radical (unpaired) electrons. The van der Waals surface area contributed by atoms with E-state index in [1.165, 1.54) is 0 Å². The number of hydrogen-bond donors (Lipinski definition) is 1. The molecule has 0 aromatic heterocycles. The van der Waals surface area contributed by atoms with Crippen LogP contribution >= 0.6 is 0 Å². The minimum Gasteiger partial charge on any atom is -0.465 e. The van der Waals surface area contributed by atoms with Gasteiger partial charge in [-0.05, 0) is 6.07 Å². The molecular weight excluding hydrogens is 224 g/mol. The number of benzene rings is 1. The van der Waals surface area contributed by atoms with E-state index in [1.807, 2.05) is 0 Å². The van der Waals surface area contributed by atoms with Gasteiger partial charge in [0.25, 0.3) is 5.79 Å². The number of hydrogen-bond acceptors (Lipinski definition) is 5. The van der Waals surface area contributed by atoms with Crippen molar-refractivity contribution in [1.82, 2.24) is 0 Å². The smallest absolute Gasteiger partial charge is 0.341 e. The summed E-state index contributed by atoms with van der Waals surface area (Å²) in [6, 6.07) is 6.52. The van der Waals surface area contributed by atoms with Gasteiger partial charge in [-0.1, -0.05) is 18.2 Å². The first kappa shape index (κ1) is 10.3. The Balaban J connectivity index is 2.10. The maximum absolute atomic E-state index is 11.6. The summed E-state index contributed by atoms with van der Waals surface area (Å²) >= 11 is 0. The first-order chi connectivity index (χ1) is 8.13. The topological polar surface area (TPSA) is 72.8 Å². The van der Waals surface area contributed by atoms with E-state index in [1.54, 1.807) is 24.3 Å². The summed E-state index contributed by atoms with van der Waals surface area (Å²) in [5, 5.41) is 10.4. The Bertz CT molecular complexity index is 509. The second-order valence-corrected chi connectivity index (χ2v) is 4.14. The van der Waals surface area contributed by atoms with Crippen LogP contribution in [-0.2, 0) is 20.1 Å². The predicted molar refractivity (Wildman–Crippen MR) is 54.8 cm³/mol. The van der Waals surface area contributed by atoms with Crippen LogP contribution in [0.1, 0.15) is 22.3 Å². The molecule has 2 heterocycles. The van der Waals surface area contributed by atoms with Crippen molar-refractivity contribution in [2.45, 2.75) is 12.2 Å². The summed E-state index contributed by atoms with van der Waals surface area (Å²) < 4.78 is 9.79. The molecule has 2 aliphatic rings. The first-order valence-corrected chi connectivity index (χ1v) is 5.35. The number of rotatable bonds is 1. The SMILES string of the molecule is O=C1OC(O)(C2CCOC2=O)c2ccccc21. The summed E-state index contributed by atoms with van der Waals surface area (Å²) in [7, 11) is 0. The number of cyclic esters (lactones) is 2. The lowest BCUT2D eigenvalue weighted by atomic mass is 9.90. The molecule has 1 aromatic carbocycles. The third-order valence-corrected chi connectivity index (χ3v) is 3.19. The third kappa shape index (κ3) is 1.29. The van der Waals surface area contributed by atoms with Crippen LogP contribution in [0.25, 0.3) is 0 Å². The summed E-state index contributed by atoms with van der Waals surface area (Å²) in [4.78, 5) is 23.1. The highest BCUT2D eigenvalue weighted by Crippen LogP contribution is 2.43. The highest BCUT2D eigenvalue weighted by molar-refractivity contribution is 5.95. The van der Waals surface area contributed by atoms with E-state index in [0.29, 0.717) is 17.5 Å². The number of esters is 2. The molecule has 17 heavy (non-hydrogen) atoms. The summed E-state index contributed by atoms with van der Waals surface area (Å²) in [6.07, 6.45) is 0.344. The van der Waals surface area contributed by atoms with Gasteiger partial charge in [-0.3, -0.25) is 4.79 Å². The van der Waals surface area contributed by atoms with Crippen molar-refractivity contribution >= 4 is 11.9 Å². The summed E-state index contributed by atoms with van der Waals surface area (Å²) in [6.45, 7) is 0.242. The molecule has 0 amide bonds. The number of aliphatic hydroxyl groups is 1. The van der Waals surface area contributed by atoms with Crippen molar-refractivity contribution in [2.24, 2.45) is 5.92 Å². The maximum atomic E-state index is 11.6. The summed E-state index contributed by atoms with van der Waals surface area (Å²) in [5.41, 5.74) is 0.642. The molecule has 1 saturated heterocycles. The van der Waals surface area contributed by atoms with Crippen LogP contribution in [0, 0.1) is 5.92 Å². The van der Waals surface area contributed by atoms with E-state index < -0.39 is 23.6 Å². The van der Waals surface area contributed by atoms with Gasteiger partial charge >= 0.3 is 11.9 Å². The van der Waals surface area contributed by atoms with Crippen LogP contribution in [0.4, 0.5) is 0 Å². The monoisotopic (exact) mass is 234 g/mol. The molecule has 0 saturated carbocycles. The number of carbonyl (C=O) groups is 2. The predicted octanol–water partition coefficient (Wildman–Crippen LogP) is 0.565. The standard InChI is InChI=1S/C12H10O5/c13-10-7-3-1-2-4-8(7)12(15,17-10)9-5-6-16-11(9)14/h1-4,9,15H,5-6H2. The fourth-order valence-corrected chi connectivity index (χ4v) is 2.33. The molecular formula is C12H10O5. The summed E-state index contributed by atoms with van der Waals surface area (Å²) in [5.74, 6) is -3.85. The molecule has 2 unspecified atom stereocenters. The van der Waals surface area contributed by atoms with Crippen molar-refractivity contribution in [3.8, 4) is 0 Å². The lowest BCUT2D eigenvalue weighted by molar-refractivity contribution is -0.203. The zero-order valence-corrected chi connectivity index (χ0v) is 8.88. The van der Waals surface area contributed by atoms with Crippen LogP contribution in [-0.4, -0.2) is 23.7 Å². The normalized spacial score (nSPS) is 31.0. The van der Waals surface area contributed by atoms with Gasteiger partial charge in [-0.25, -0.2) is 4.79 Å². The van der Waals surface area contributed by atoms with Gasteiger partial charge in [0, 0.05) is 12.0 Å². The second kappa shape index (κ2) is 3.30. The average molecular weight is 234 g/mol. The maximum Gasteiger partial charge on any atom is 0.341 e. The minimum atomic E-state index is -1.87. The molecule has 5 nitrogen and oxygen atoms in total. The molecule has 2 atom stereocenters. The Kier molecular flexibility index (Phi) is 2.00. The molecule has 1 aromatic rings. The Morgan fingerprint density at radius 1 is 1.29 bits per heavy atom. The van der Waals surface area contributed by atoms with Crippen molar-refractivity contribution in [3.63, 3.8) is 0 Å². The van der Waals surface area contributed by atoms with E-state index in [9.17, 15) is 14.7 Å². The van der Waals surface area contributed by atoms with E-state index in [4.69, 9.17) is 9.47 Å². The largest absolute Gasteiger partial charge is 0.465 e. The second-order valence-electron chi connectivity index (χ2n) is 4.14. The average Bonchev–Trinajstić information content (AvgIpc) is 2.85. The van der Waals surface area contributed by atoms with Crippen molar-refractivity contribution in [2.75, 3.05) is 6.61 Å². The molecule has 0 spiro atoms. The van der Waals surface area contributed by atoms with Crippen LogP contribution in [0.2, 0.25) is 0 Å². The van der Waals surface area contributed by atoms with Gasteiger partial charge in [0.05, 0.1) is 12.2 Å². The van der Waals surface area contributed by atoms with Gasteiger partial charge in [0.15, 0.2) is 0 Å². The molecule has 5 heteroatoms. The van der Waals surface area contributed by atoms with E-state index in [-0.39, 0.29) is 6.61 Å². The van der Waals surface area contributed by atoms with E-state index in [2.05, 4.69) is 0 Å². The van der Waals surface area contributed by atoms with Crippen molar-refractivity contribution in [3.05, 3.63) is 35.4 Å².